The maximum Gasteiger partial charge on any atom is 0.223 e. The minimum absolute atomic E-state index is 0.0562. The van der Waals surface area contributed by atoms with Gasteiger partial charge in [-0.25, -0.2) is 0 Å². The molecule has 1 aromatic rings. The first-order valence-electron chi connectivity index (χ1n) is 6.08. The zero-order valence-electron chi connectivity index (χ0n) is 10.9. The number of carbonyl (C=O) groups is 1. The van der Waals surface area contributed by atoms with Crippen LogP contribution in [0.2, 0.25) is 0 Å². The van der Waals surface area contributed by atoms with Crippen molar-refractivity contribution in [3.8, 4) is 0 Å². The Kier molecular flexibility index (Phi) is 5.65. The van der Waals surface area contributed by atoms with E-state index < -0.39 is 0 Å². The number of thiophene rings is 1. The molecular formula is C13H22N2OS. The van der Waals surface area contributed by atoms with Gasteiger partial charge in [0.2, 0.25) is 5.91 Å². The lowest BCUT2D eigenvalue weighted by atomic mass is 10.1. The molecule has 0 aliphatic carbocycles. The molecule has 3 nitrogen and oxygen atoms in total. The lowest BCUT2D eigenvalue weighted by molar-refractivity contribution is -0.124. The van der Waals surface area contributed by atoms with Crippen molar-refractivity contribution in [2.45, 2.75) is 40.2 Å². The van der Waals surface area contributed by atoms with E-state index in [1.54, 1.807) is 11.3 Å². The van der Waals surface area contributed by atoms with E-state index in [4.69, 9.17) is 5.73 Å². The summed E-state index contributed by atoms with van der Waals surface area (Å²) in [6.45, 7) is 7.46. The second-order valence-corrected chi connectivity index (χ2v) is 5.84. The van der Waals surface area contributed by atoms with Crippen molar-refractivity contribution in [1.29, 1.82) is 0 Å². The van der Waals surface area contributed by atoms with Crippen molar-refractivity contribution in [3.05, 3.63) is 21.4 Å². The van der Waals surface area contributed by atoms with E-state index in [-0.39, 0.29) is 11.8 Å². The molecule has 0 spiro atoms. The molecular weight excluding hydrogens is 232 g/mol. The molecule has 0 bridgehead atoms. The quantitative estimate of drug-likeness (QED) is 0.819. The highest BCUT2D eigenvalue weighted by atomic mass is 32.1. The summed E-state index contributed by atoms with van der Waals surface area (Å²) in [6, 6.07) is 2.14. The molecule has 0 aliphatic rings. The van der Waals surface area contributed by atoms with Crippen LogP contribution >= 0.6 is 11.3 Å². The molecule has 4 heteroatoms. The van der Waals surface area contributed by atoms with Crippen LogP contribution in [0, 0.1) is 19.8 Å². The SMILES string of the molecule is Cc1cc(CNC(=O)C(C)CCCN)sc1C. The van der Waals surface area contributed by atoms with E-state index in [0.29, 0.717) is 13.1 Å². The lowest BCUT2D eigenvalue weighted by Crippen LogP contribution is -2.28. The van der Waals surface area contributed by atoms with Gasteiger partial charge in [-0.15, -0.1) is 11.3 Å². The van der Waals surface area contributed by atoms with Gasteiger partial charge >= 0.3 is 0 Å². The van der Waals surface area contributed by atoms with Crippen LogP contribution in [0.15, 0.2) is 6.07 Å². The van der Waals surface area contributed by atoms with Crippen LogP contribution in [0.5, 0.6) is 0 Å². The van der Waals surface area contributed by atoms with Gasteiger partial charge in [0.05, 0.1) is 6.54 Å². The molecule has 96 valence electrons. The van der Waals surface area contributed by atoms with Crippen LogP contribution in [0.3, 0.4) is 0 Å². The maximum absolute atomic E-state index is 11.8. The van der Waals surface area contributed by atoms with Gasteiger partial charge in [0.25, 0.3) is 0 Å². The Hall–Kier alpha value is -0.870. The average Bonchev–Trinajstić information content (AvgIpc) is 2.62. The van der Waals surface area contributed by atoms with Gasteiger partial charge in [-0.3, -0.25) is 4.79 Å². The maximum atomic E-state index is 11.8. The first-order valence-corrected chi connectivity index (χ1v) is 6.90. The van der Waals surface area contributed by atoms with Gasteiger partial charge in [-0.05, 0) is 44.9 Å². The van der Waals surface area contributed by atoms with E-state index in [9.17, 15) is 4.79 Å². The molecule has 1 rings (SSSR count). The van der Waals surface area contributed by atoms with Crippen LogP contribution in [-0.4, -0.2) is 12.5 Å². The van der Waals surface area contributed by atoms with E-state index in [1.165, 1.54) is 15.3 Å². The van der Waals surface area contributed by atoms with Gasteiger partial charge in [-0.2, -0.15) is 0 Å². The molecule has 0 saturated carbocycles. The van der Waals surface area contributed by atoms with E-state index >= 15 is 0 Å². The molecule has 1 amide bonds. The van der Waals surface area contributed by atoms with Crippen molar-refractivity contribution in [3.63, 3.8) is 0 Å². The highest BCUT2D eigenvalue weighted by molar-refractivity contribution is 7.12. The molecule has 0 aliphatic heterocycles. The zero-order chi connectivity index (χ0) is 12.8. The fraction of sp³-hybridized carbons (Fsp3) is 0.615. The minimum Gasteiger partial charge on any atom is -0.351 e. The third-order valence-corrected chi connectivity index (χ3v) is 4.10. The minimum atomic E-state index is 0.0562. The highest BCUT2D eigenvalue weighted by Gasteiger charge is 2.12. The van der Waals surface area contributed by atoms with Gasteiger partial charge in [0.1, 0.15) is 0 Å². The summed E-state index contributed by atoms with van der Waals surface area (Å²) < 4.78 is 0. The first kappa shape index (κ1) is 14.2. The molecule has 1 heterocycles. The smallest absolute Gasteiger partial charge is 0.223 e. The van der Waals surface area contributed by atoms with E-state index in [1.807, 2.05) is 6.92 Å². The summed E-state index contributed by atoms with van der Waals surface area (Å²) in [5, 5.41) is 2.98. The normalized spacial score (nSPS) is 12.5. The van der Waals surface area contributed by atoms with Crippen molar-refractivity contribution < 1.29 is 4.79 Å². The second kappa shape index (κ2) is 6.77. The molecule has 3 N–H and O–H groups in total. The largest absolute Gasteiger partial charge is 0.351 e. The molecule has 0 saturated heterocycles. The van der Waals surface area contributed by atoms with Crippen LogP contribution < -0.4 is 11.1 Å². The molecule has 0 radical (unpaired) electrons. The van der Waals surface area contributed by atoms with Crippen LogP contribution in [0.25, 0.3) is 0 Å². The summed E-state index contributed by atoms with van der Waals surface area (Å²) in [4.78, 5) is 14.3. The Balaban J connectivity index is 2.37. The monoisotopic (exact) mass is 254 g/mol. The van der Waals surface area contributed by atoms with Crippen molar-refractivity contribution in [2.24, 2.45) is 11.7 Å². The molecule has 1 aromatic heterocycles. The van der Waals surface area contributed by atoms with E-state index in [2.05, 4.69) is 25.2 Å². The van der Waals surface area contributed by atoms with Crippen molar-refractivity contribution in [2.75, 3.05) is 6.54 Å². The number of nitrogens with two attached hydrogens (primary N) is 1. The van der Waals surface area contributed by atoms with Crippen LogP contribution in [0.1, 0.15) is 35.1 Å². The molecule has 17 heavy (non-hydrogen) atoms. The highest BCUT2D eigenvalue weighted by Crippen LogP contribution is 2.20. The Labute approximate surface area is 107 Å². The summed E-state index contributed by atoms with van der Waals surface area (Å²) in [5.74, 6) is 0.183. The standard InChI is InChI=1S/C13H22N2OS/c1-9(5-4-6-14)13(16)15-8-12-7-10(2)11(3)17-12/h7,9H,4-6,8,14H2,1-3H3,(H,15,16). The first-order chi connectivity index (χ1) is 8.04. The predicted octanol–water partition coefficient (Wildman–Crippen LogP) is 2.36. The van der Waals surface area contributed by atoms with Crippen LogP contribution in [0.4, 0.5) is 0 Å². The molecule has 0 fully saturated rings. The average molecular weight is 254 g/mol. The predicted molar refractivity (Wildman–Crippen MR) is 73.1 cm³/mol. The topological polar surface area (TPSA) is 55.1 Å². The lowest BCUT2D eigenvalue weighted by Gasteiger charge is -2.10. The van der Waals surface area contributed by atoms with Crippen molar-refractivity contribution >= 4 is 17.2 Å². The number of hydrogen-bond donors (Lipinski definition) is 2. The Morgan fingerprint density at radius 2 is 2.24 bits per heavy atom. The second-order valence-electron chi connectivity index (χ2n) is 4.50. The van der Waals surface area contributed by atoms with Crippen LogP contribution in [-0.2, 0) is 11.3 Å². The summed E-state index contributed by atoms with van der Waals surface area (Å²) in [6.07, 6.45) is 1.77. The third-order valence-electron chi connectivity index (χ3n) is 2.94. The fourth-order valence-electron chi connectivity index (χ4n) is 1.64. The Bertz CT molecular complexity index is 354. The summed E-state index contributed by atoms with van der Waals surface area (Å²) in [7, 11) is 0. The number of carbonyl (C=O) groups excluding carboxylic acids is 1. The number of nitrogens with one attached hydrogen (secondary N) is 1. The number of rotatable bonds is 6. The number of aryl methyl sites for hydroxylation is 2. The zero-order valence-corrected chi connectivity index (χ0v) is 11.7. The number of hydrogen-bond acceptors (Lipinski definition) is 3. The molecule has 1 unspecified atom stereocenters. The van der Waals surface area contributed by atoms with Gasteiger partial charge < -0.3 is 11.1 Å². The molecule has 0 aromatic carbocycles. The molecule has 1 atom stereocenters. The fourth-order valence-corrected chi connectivity index (χ4v) is 2.63. The summed E-state index contributed by atoms with van der Waals surface area (Å²) >= 11 is 1.75. The van der Waals surface area contributed by atoms with Crippen molar-refractivity contribution in [1.82, 2.24) is 5.32 Å². The Morgan fingerprint density at radius 3 is 2.76 bits per heavy atom. The van der Waals surface area contributed by atoms with E-state index in [0.717, 1.165) is 12.8 Å². The number of amides is 1. The van der Waals surface area contributed by atoms with Gasteiger partial charge in [0.15, 0.2) is 0 Å². The van der Waals surface area contributed by atoms with Gasteiger partial charge in [-0.1, -0.05) is 6.92 Å². The summed E-state index contributed by atoms with van der Waals surface area (Å²) in [5.41, 5.74) is 6.73. The Morgan fingerprint density at radius 1 is 1.53 bits per heavy atom. The third kappa shape index (κ3) is 4.48. The van der Waals surface area contributed by atoms with Gasteiger partial charge in [0, 0.05) is 15.7 Å².